The van der Waals surface area contributed by atoms with Gasteiger partial charge in [0.2, 0.25) is 5.91 Å². The summed E-state index contributed by atoms with van der Waals surface area (Å²) in [6.45, 7) is 1.97. The van der Waals surface area contributed by atoms with Crippen LogP contribution in [0.4, 0.5) is 16.2 Å². The lowest BCUT2D eigenvalue weighted by Crippen LogP contribution is -2.25. The molecule has 19 heavy (non-hydrogen) atoms. The normalized spacial score (nSPS) is 13.1. The zero-order valence-corrected chi connectivity index (χ0v) is 10.7. The molecule has 0 atom stereocenters. The lowest BCUT2D eigenvalue weighted by Gasteiger charge is -2.15. The van der Waals surface area contributed by atoms with Gasteiger partial charge in [-0.2, -0.15) is 0 Å². The number of hydrogen-bond donors (Lipinski definition) is 2. The van der Waals surface area contributed by atoms with Crippen LogP contribution in [0.2, 0.25) is 0 Å². The van der Waals surface area contributed by atoms with Crippen molar-refractivity contribution in [2.24, 2.45) is 0 Å². The second-order valence-corrected chi connectivity index (χ2v) is 4.25. The van der Waals surface area contributed by atoms with Crippen molar-refractivity contribution >= 4 is 23.4 Å². The molecule has 0 spiro atoms. The lowest BCUT2D eigenvalue weighted by molar-refractivity contribution is -0.116. The molecular formula is C13H16N2O4. The molecule has 1 heterocycles. The molecule has 102 valence electrons. The van der Waals surface area contributed by atoms with Crippen LogP contribution < -0.4 is 10.2 Å². The molecule has 1 aromatic carbocycles. The summed E-state index contributed by atoms with van der Waals surface area (Å²) in [7, 11) is 0. The first-order chi connectivity index (χ1) is 9.11. The van der Waals surface area contributed by atoms with Crippen molar-refractivity contribution in [2.75, 3.05) is 30.0 Å². The summed E-state index contributed by atoms with van der Waals surface area (Å²) in [5.74, 6) is 0.0156. The van der Waals surface area contributed by atoms with Crippen molar-refractivity contribution < 1.29 is 19.4 Å². The van der Waals surface area contributed by atoms with E-state index in [1.165, 1.54) is 6.92 Å². The van der Waals surface area contributed by atoms with Crippen LogP contribution >= 0.6 is 0 Å². The van der Waals surface area contributed by atoms with E-state index in [-0.39, 0.29) is 19.1 Å². The van der Waals surface area contributed by atoms with Crippen molar-refractivity contribution in [2.45, 2.75) is 13.3 Å². The molecule has 2 N–H and O–H groups in total. The minimum atomic E-state index is -0.601. The lowest BCUT2D eigenvalue weighted by atomic mass is 10.1. The van der Waals surface area contributed by atoms with Gasteiger partial charge < -0.3 is 14.7 Å². The fraction of sp³-hybridized carbons (Fsp3) is 0.385. The van der Waals surface area contributed by atoms with E-state index in [1.54, 1.807) is 11.0 Å². The molecule has 2 rings (SSSR count). The molecule has 0 unspecified atom stereocenters. The Balaban J connectivity index is 2.06. The third kappa shape index (κ3) is 3.03. The highest BCUT2D eigenvalue weighted by Gasteiger charge is 2.22. The number of fused-ring (bicyclic) bond motifs is 1. The predicted octanol–water partition coefficient (Wildman–Crippen LogP) is 1.14. The van der Waals surface area contributed by atoms with Gasteiger partial charge in [0.25, 0.3) is 0 Å². The van der Waals surface area contributed by atoms with Gasteiger partial charge in [-0.15, -0.1) is 0 Å². The van der Waals surface area contributed by atoms with E-state index in [1.807, 2.05) is 12.1 Å². The van der Waals surface area contributed by atoms with Crippen LogP contribution in [-0.4, -0.2) is 36.9 Å². The predicted molar refractivity (Wildman–Crippen MR) is 70.2 cm³/mol. The second kappa shape index (κ2) is 5.71. The van der Waals surface area contributed by atoms with E-state index in [0.717, 1.165) is 17.7 Å². The zero-order valence-electron chi connectivity index (χ0n) is 10.7. The van der Waals surface area contributed by atoms with Gasteiger partial charge in [0, 0.05) is 24.8 Å². The number of ether oxygens (including phenoxy) is 1. The van der Waals surface area contributed by atoms with E-state index in [4.69, 9.17) is 9.84 Å². The van der Waals surface area contributed by atoms with E-state index >= 15 is 0 Å². The van der Waals surface area contributed by atoms with Crippen molar-refractivity contribution in [3.8, 4) is 0 Å². The SMILES string of the molecule is CC(=O)N1CCc2cc(NC(=O)OCCO)ccc21. The van der Waals surface area contributed by atoms with Crippen molar-refractivity contribution in [1.29, 1.82) is 0 Å². The van der Waals surface area contributed by atoms with Crippen LogP contribution in [-0.2, 0) is 16.0 Å². The molecule has 1 aliphatic heterocycles. The molecule has 0 saturated carbocycles. The van der Waals surface area contributed by atoms with E-state index in [2.05, 4.69) is 5.32 Å². The van der Waals surface area contributed by atoms with Gasteiger partial charge >= 0.3 is 6.09 Å². The number of amides is 2. The Kier molecular flexibility index (Phi) is 4.01. The van der Waals surface area contributed by atoms with Gasteiger partial charge in [-0.25, -0.2) is 4.79 Å². The van der Waals surface area contributed by atoms with Crippen molar-refractivity contribution in [1.82, 2.24) is 0 Å². The molecule has 0 aliphatic carbocycles. The molecule has 0 radical (unpaired) electrons. The van der Waals surface area contributed by atoms with Crippen LogP contribution in [0.15, 0.2) is 18.2 Å². The van der Waals surface area contributed by atoms with Crippen LogP contribution in [0.3, 0.4) is 0 Å². The molecule has 0 saturated heterocycles. The average molecular weight is 264 g/mol. The van der Waals surface area contributed by atoms with Gasteiger partial charge in [0.15, 0.2) is 0 Å². The van der Waals surface area contributed by atoms with Crippen molar-refractivity contribution in [3.05, 3.63) is 23.8 Å². The maximum Gasteiger partial charge on any atom is 0.411 e. The molecule has 6 nitrogen and oxygen atoms in total. The maximum absolute atomic E-state index is 11.4. The number of nitrogens with zero attached hydrogens (tertiary/aromatic N) is 1. The highest BCUT2D eigenvalue weighted by Crippen LogP contribution is 2.30. The van der Waals surface area contributed by atoms with Crippen molar-refractivity contribution in [3.63, 3.8) is 0 Å². The Morgan fingerprint density at radius 1 is 1.47 bits per heavy atom. The van der Waals surface area contributed by atoms with E-state index < -0.39 is 6.09 Å². The molecule has 1 aliphatic rings. The average Bonchev–Trinajstić information content (AvgIpc) is 2.79. The minimum absolute atomic E-state index is 0.0156. The minimum Gasteiger partial charge on any atom is -0.447 e. The molecular weight excluding hydrogens is 248 g/mol. The van der Waals surface area contributed by atoms with Gasteiger partial charge in [0.1, 0.15) is 6.61 Å². The van der Waals surface area contributed by atoms with Crippen LogP contribution in [0.25, 0.3) is 0 Å². The number of aliphatic hydroxyl groups is 1. The molecule has 0 fully saturated rings. The number of carbonyl (C=O) groups is 2. The first-order valence-electron chi connectivity index (χ1n) is 6.07. The molecule has 1 aromatic rings. The second-order valence-electron chi connectivity index (χ2n) is 4.25. The largest absolute Gasteiger partial charge is 0.447 e. The summed E-state index contributed by atoms with van der Waals surface area (Å²) in [5.41, 5.74) is 2.53. The zero-order chi connectivity index (χ0) is 13.8. The number of benzene rings is 1. The quantitative estimate of drug-likeness (QED) is 0.858. The molecule has 0 aromatic heterocycles. The fourth-order valence-electron chi connectivity index (χ4n) is 2.10. The number of aliphatic hydroxyl groups excluding tert-OH is 1. The summed E-state index contributed by atoms with van der Waals surface area (Å²) in [4.78, 5) is 24.4. The van der Waals surface area contributed by atoms with Gasteiger partial charge in [-0.1, -0.05) is 0 Å². The Labute approximate surface area is 111 Å². The van der Waals surface area contributed by atoms with Crippen LogP contribution in [0.5, 0.6) is 0 Å². The number of nitrogens with one attached hydrogen (secondary N) is 1. The summed E-state index contributed by atoms with van der Waals surface area (Å²) in [6, 6.07) is 5.37. The number of anilines is 2. The summed E-state index contributed by atoms with van der Waals surface area (Å²) < 4.78 is 4.71. The molecule has 6 heteroatoms. The highest BCUT2D eigenvalue weighted by atomic mass is 16.6. The first-order valence-corrected chi connectivity index (χ1v) is 6.07. The number of rotatable bonds is 3. The smallest absolute Gasteiger partial charge is 0.411 e. The topological polar surface area (TPSA) is 78.9 Å². The van der Waals surface area contributed by atoms with Gasteiger partial charge in [-0.05, 0) is 30.2 Å². The summed E-state index contributed by atoms with van der Waals surface area (Å²) in [5, 5.41) is 11.1. The molecule has 0 bridgehead atoms. The Morgan fingerprint density at radius 2 is 2.26 bits per heavy atom. The van der Waals surface area contributed by atoms with E-state index in [9.17, 15) is 9.59 Å². The Hall–Kier alpha value is -2.08. The van der Waals surface area contributed by atoms with Crippen LogP contribution in [0, 0.1) is 0 Å². The van der Waals surface area contributed by atoms with E-state index in [0.29, 0.717) is 12.2 Å². The third-order valence-corrected chi connectivity index (χ3v) is 2.93. The number of carbonyl (C=O) groups excluding carboxylic acids is 2. The fourth-order valence-corrected chi connectivity index (χ4v) is 2.10. The van der Waals surface area contributed by atoms with Gasteiger partial charge in [0.05, 0.1) is 6.61 Å². The summed E-state index contributed by atoms with van der Waals surface area (Å²) >= 11 is 0. The highest BCUT2D eigenvalue weighted by molar-refractivity contribution is 5.94. The maximum atomic E-state index is 11.4. The Bertz CT molecular complexity index is 501. The molecule has 2 amide bonds. The Morgan fingerprint density at radius 3 is 2.95 bits per heavy atom. The number of hydrogen-bond acceptors (Lipinski definition) is 4. The standard InChI is InChI=1S/C13H16N2O4/c1-9(17)15-5-4-10-8-11(2-3-12(10)15)14-13(18)19-7-6-16/h2-3,8,16H,4-7H2,1H3,(H,14,18). The monoisotopic (exact) mass is 264 g/mol. The van der Waals surface area contributed by atoms with Crippen LogP contribution in [0.1, 0.15) is 12.5 Å². The summed E-state index contributed by atoms with van der Waals surface area (Å²) in [6.07, 6.45) is 0.172. The third-order valence-electron chi connectivity index (χ3n) is 2.93. The first kappa shape index (κ1) is 13.4. The van der Waals surface area contributed by atoms with Gasteiger partial charge in [-0.3, -0.25) is 10.1 Å².